The quantitative estimate of drug-likeness (QED) is 0.0480. The Morgan fingerprint density at radius 1 is 1.26 bits per heavy atom. The minimum Gasteiger partial charge on any atom is -0.489 e. The number of rotatable bonds is 16. The van der Waals surface area contributed by atoms with Gasteiger partial charge in [-0.25, -0.2) is 9.78 Å². The molecule has 2 aromatic heterocycles. The summed E-state index contributed by atoms with van der Waals surface area (Å²) >= 11 is 0.988. The number of anilines is 1. The van der Waals surface area contributed by atoms with E-state index in [1.807, 2.05) is 41.9 Å². The maximum absolute atomic E-state index is 13.3. The molecule has 0 saturated carbocycles. The molecule has 1 aromatic carbocycles. The summed E-state index contributed by atoms with van der Waals surface area (Å²) in [6.07, 6.45) is 0.614. The van der Waals surface area contributed by atoms with E-state index in [4.69, 9.17) is 25.6 Å². The predicted octanol–water partition coefficient (Wildman–Crippen LogP) is -0.625. The van der Waals surface area contributed by atoms with Gasteiger partial charge in [0.1, 0.15) is 25.1 Å². The number of oxime groups is 1. The second-order valence-corrected chi connectivity index (χ2v) is 13.0. The van der Waals surface area contributed by atoms with Crippen molar-refractivity contribution in [3.8, 4) is 17.0 Å². The first-order chi connectivity index (χ1) is 22.0. The van der Waals surface area contributed by atoms with Crippen LogP contribution in [0.1, 0.15) is 32.4 Å². The number of benzene rings is 1. The Morgan fingerprint density at radius 3 is 2.49 bits per heavy atom. The van der Waals surface area contributed by atoms with E-state index in [1.54, 1.807) is 12.1 Å². The molecule has 0 aliphatic carbocycles. The van der Waals surface area contributed by atoms with Crippen LogP contribution in [0.2, 0.25) is 0 Å². The van der Waals surface area contributed by atoms with Crippen LogP contribution in [0.4, 0.5) is 5.13 Å². The van der Waals surface area contributed by atoms with E-state index in [9.17, 15) is 27.9 Å². The van der Waals surface area contributed by atoms with Gasteiger partial charge in [0.15, 0.2) is 30.2 Å². The summed E-state index contributed by atoms with van der Waals surface area (Å²) in [6.45, 7) is 3.63. The number of nitrogen functional groups attached to an aromatic ring is 1. The number of carboxylic acids is 1. The molecule has 4 rings (SSSR count). The number of hydrogen-bond donors (Lipinski definition) is 4. The molecule has 1 aliphatic heterocycles. The van der Waals surface area contributed by atoms with Gasteiger partial charge in [0.25, 0.3) is 18.2 Å². The monoisotopic (exact) mass is 696 g/mol. The van der Waals surface area contributed by atoms with Crippen molar-refractivity contribution in [2.24, 2.45) is 30.9 Å². The molecular weight excluding hydrogens is 660 g/mol. The average Bonchev–Trinajstić information content (AvgIpc) is 3.56. The predicted molar refractivity (Wildman–Crippen MR) is 164 cm³/mol. The number of aliphatic carboxylic acids is 1. The molecule has 1 amide bonds. The van der Waals surface area contributed by atoms with Crippen molar-refractivity contribution in [1.82, 2.24) is 14.8 Å². The van der Waals surface area contributed by atoms with Crippen molar-refractivity contribution in [3.63, 3.8) is 0 Å². The number of nitrogens with two attached hydrogens (primary N) is 2. The van der Waals surface area contributed by atoms with Crippen LogP contribution < -0.4 is 25.6 Å². The fourth-order valence-electron chi connectivity index (χ4n) is 4.83. The van der Waals surface area contributed by atoms with Crippen LogP contribution in [0.25, 0.3) is 11.3 Å². The fourth-order valence-corrected chi connectivity index (χ4v) is 5.83. The zero-order valence-electron chi connectivity index (χ0n) is 26.0. The molecule has 0 unspecified atom stereocenters. The number of nitrogens with zero attached hydrogens (tertiary/aromatic N) is 6. The lowest BCUT2D eigenvalue weighted by molar-refractivity contribution is -0.913. The topological polar surface area (TPSA) is 247 Å². The molecule has 254 valence electrons. The van der Waals surface area contributed by atoms with Gasteiger partial charge in [0, 0.05) is 23.0 Å². The molecular formula is C27H36N8O10S2+2. The number of carbonyl (C=O) groups is 3. The number of ketones is 1. The highest BCUT2D eigenvalue weighted by molar-refractivity contribution is 7.80. The van der Waals surface area contributed by atoms with Crippen molar-refractivity contribution >= 4 is 50.2 Å². The van der Waals surface area contributed by atoms with Gasteiger partial charge in [0.2, 0.25) is 0 Å². The maximum atomic E-state index is 13.3. The summed E-state index contributed by atoms with van der Waals surface area (Å²) in [5.74, 6) is -3.80. The zero-order chi connectivity index (χ0) is 34.7. The molecule has 3 aromatic rings. The molecule has 18 nitrogen and oxygen atoms in total. The lowest BCUT2D eigenvalue weighted by Crippen LogP contribution is -2.68. The Morgan fingerprint density at radius 2 is 1.94 bits per heavy atom. The normalized spacial score (nSPS) is 16.9. The van der Waals surface area contributed by atoms with E-state index in [1.165, 1.54) is 19.2 Å². The number of hydroxylamine groups is 2. The van der Waals surface area contributed by atoms with Crippen molar-refractivity contribution in [3.05, 3.63) is 41.5 Å². The number of β-lactam (4-membered cyclic amide) rings is 1. The number of carbonyl (C=O) groups excluding carboxylic acids is 2. The van der Waals surface area contributed by atoms with E-state index < -0.39 is 64.4 Å². The highest BCUT2D eigenvalue weighted by Gasteiger charge is 2.57. The molecule has 47 heavy (non-hydrogen) atoms. The molecule has 1 aliphatic rings. The lowest BCUT2D eigenvalue weighted by Gasteiger charge is -2.50. The first-order valence-corrected chi connectivity index (χ1v) is 16.4. The second kappa shape index (κ2) is 14.1. The van der Waals surface area contributed by atoms with E-state index in [0.717, 1.165) is 29.0 Å². The van der Waals surface area contributed by atoms with Crippen molar-refractivity contribution in [1.29, 1.82) is 0 Å². The number of aromatic nitrogens is 4. The third-order valence-corrected chi connectivity index (χ3v) is 8.54. The smallest absolute Gasteiger partial charge is 0.418 e. The number of thiazole rings is 1. The van der Waals surface area contributed by atoms with Crippen LogP contribution in [0, 0.1) is 5.92 Å². The minimum absolute atomic E-state index is 0.0215. The van der Waals surface area contributed by atoms with Gasteiger partial charge in [-0.15, -0.1) is 15.6 Å². The van der Waals surface area contributed by atoms with Gasteiger partial charge in [0.05, 0.1) is 17.0 Å². The molecule has 0 bridgehead atoms. The first kappa shape index (κ1) is 35.4. The SMILES string of the molecule is Cn1[n+](C)cc(-c2ccc(OC[C@H](O/N=C(\C(=O)C[C@@H]3C(=O)N(OS(=O)(=O)O)C3(C)C)c3csc(N)n3)C(=O)O)cc2)[n+]1CCCN. The van der Waals surface area contributed by atoms with Gasteiger partial charge in [-0.1, -0.05) is 14.5 Å². The molecule has 3 heterocycles. The van der Waals surface area contributed by atoms with Gasteiger partial charge in [-0.2, -0.15) is 13.5 Å². The number of carboxylic acid groups (broad SMARTS) is 1. The summed E-state index contributed by atoms with van der Waals surface area (Å²) < 4.78 is 45.2. The van der Waals surface area contributed by atoms with E-state index >= 15 is 0 Å². The third-order valence-electron chi connectivity index (χ3n) is 7.53. The van der Waals surface area contributed by atoms with Gasteiger partial charge >= 0.3 is 22.1 Å². The molecule has 20 heteroatoms. The largest absolute Gasteiger partial charge is 0.489 e. The number of ether oxygens (including phenoxy) is 1. The Labute approximate surface area is 273 Å². The van der Waals surface area contributed by atoms with E-state index in [-0.39, 0.29) is 10.8 Å². The first-order valence-electron chi connectivity index (χ1n) is 14.1. The van der Waals surface area contributed by atoms with Crippen LogP contribution in [-0.4, -0.2) is 81.1 Å². The summed E-state index contributed by atoms with van der Waals surface area (Å²) in [6, 6.07) is 7.01. The van der Waals surface area contributed by atoms with Crippen LogP contribution in [0.3, 0.4) is 0 Å². The Balaban J connectivity index is 1.47. The van der Waals surface area contributed by atoms with Gasteiger partial charge < -0.3 is 26.1 Å². The third kappa shape index (κ3) is 8.08. The van der Waals surface area contributed by atoms with Gasteiger partial charge in [-0.05, 0) is 44.7 Å². The van der Waals surface area contributed by atoms with Crippen LogP contribution in [-0.2, 0) is 54.5 Å². The molecule has 2 atom stereocenters. The summed E-state index contributed by atoms with van der Waals surface area (Å²) in [4.78, 5) is 49.2. The van der Waals surface area contributed by atoms with Gasteiger partial charge in [-0.3, -0.25) is 14.1 Å². The highest BCUT2D eigenvalue weighted by atomic mass is 32.3. The summed E-state index contributed by atoms with van der Waals surface area (Å²) in [5.41, 5.74) is 11.5. The molecule has 0 spiro atoms. The van der Waals surface area contributed by atoms with E-state index in [2.05, 4.69) is 19.1 Å². The van der Waals surface area contributed by atoms with Crippen molar-refractivity contribution in [2.75, 3.05) is 18.9 Å². The summed E-state index contributed by atoms with van der Waals surface area (Å²) in [5, 5.41) is 15.5. The van der Waals surface area contributed by atoms with Crippen molar-refractivity contribution in [2.45, 2.75) is 44.9 Å². The van der Waals surface area contributed by atoms with E-state index in [0.29, 0.717) is 23.9 Å². The zero-order valence-corrected chi connectivity index (χ0v) is 27.6. The minimum atomic E-state index is -4.99. The summed E-state index contributed by atoms with van der Waals surface area (Å²) in [7, 11) is -1.14. The number of hydrogen-bond acceptors (Lipinski definition) is 13. The van der Waals surface area contributed by atoms with Crippen LogP contribution in [0.5, 0.6) is 5.75 Å². The number of amides is 1. The highest BCUT2D eigenvalue weighted by Crippen LogP contribution is 2.40. The second-order valence-electron chi connectivity index (χ2n) is 11.1. The lowest BCUT2D eigenvalue weighted by atomic mass is 9.74. The van der Waals surface area contributed by atoms with Crippen molar-refractivity contribution < 1.29 is 55.7 Å². The Bertz CT molecular complexity index is 1790. The standard InChI is InChI=1S/C27H34N8O10S2/c1-27(2)18(24(37)35(27)45-47(40,41)42)12-21(36)23(19-15-46-26(29)30-19)31-44-22(25(38)39)14-43-17-8-6-16(7-9-17)20-13-32(3)33(4)34(20)11-5-10-28/h6-9,13,15,18,22H,5,10-12,14,28H2,1-4H3,(H2-2,29,30,38,39,40,41,42)/p+2/b31-23-/t18-,22+/m1/s1. The molecule has 1 saturated heterocycles. The Kier molecular flexibility index (Phi) is 10.6. The average molecular weight is 697 g/mol. The number of Topliss-reactive ketones (excluding diaryl/α,β-unsaturated/α-hetero) is 1. The molecule has 0 radical (unpaired) electrons. The number of aryl methyl sites for hydroxylation is 1. The van der Waals surface area contributed by atoms with Crippen LogP contribution in [0.15, 0.2) is 41.0 Å². The Hall–Kier alpha value is -4.50. The fraction of sp³-hybridized carbons (Fsp3) is 0.444. The maximum Gasteiger partial charge on any atom is 0.418 e. The molecule has 6 N–H and O–H groups in total. The molecule has 1 fully saturated rings. The van der Waals surface area contributed by atoms with Crippen LogP contribution >= 0.6 is 11.3 Å².